The Labute approximate surface area is 176 Å². The molecular formula is C22H24N2O5S. The summed E-state index contributed by atoms with van der Waals surface area (Å²) in [5, 5.41) is 4.54. The van der Waals surface area contributed by atoms with Crippen molar-refractivity contribution in [1.29, 1.82) is 0 Å². The zero-order valence-electron chi connectivity index (χ0n) is 16.6. The predicted molar refractivity (Wildman–Crippen MR) is 116 cm³/mol. The number of methoxy groups -OCH3 is 1. The minimum absolute atomic E-state index is 0.000788. The summed E-state index contributed by atoms with van der Waals surface area (Å²) in [6.07, 6.45) is 0.0128. The number of anilines is 1. The van der Waals surface area contributed by atoms with E-state index in [9.17, 15) is 13.2 Å². The number of hydrogen-bond acceptors (Lipinski definition) is 5. The van der Waals surface area contributed by atoms with Crippen molar-refractivity contribution in [2.45, 2.75) is 11.3 Å². The second kappa shape index (κ2) is 10.2. The van der Waals surface area contributed by atoms with E-state index in [1.807, 2.05) is 24.3 Å². The lowest BCUT2D eigenvalue weighted by atomic mass is 10.1. The van der Waals surface area contributed by atoms with Crippen LogP contribution in [0.2, 0.25) is 0 Å². The maximum atomic E-state index is 12.5. The molecular weight excluding hydrogens is 404 g/mol. The van der Waals surface area contributed by atoms with Crippen LogP contribution in [0.25, 0.3) is 10.8 Å². The van der Waals surface area contributed by atoms with Gasteiger partial charge < -0.3 is 14.8 Å². The molecule has 0 saturated carbocycles. The first-order valence-electron chi connectivity index (χ1n) is 9.48. The van der Waals surface area contributed by atoms with Gasteiger partial charge in [-0.05, 0) is 47.2 Å². The molecule has 0 atom stereocenters. The molecule has 30 heavy (non-hydrogen) atoms. The topological polar surface area (TPSA) is 93.7 Å². The summed E-state index contributed by atoms with van der Waals surface area (Å²) in [5.74, 6) is 0.387. The molecule has 0 bridgehead atoms. The summed E-state index contributed by atoms with van der Waals surface area (Å²) in [5.41, 5.74) is 0.608. The van der Waals surface area contributed by atoms with Gasteiger partial charge in [-0.25, -0.2) is 13.1 Å². The fraction of sp³-hybridized carbons (Fsp3) is 0.227. The summed E-state index contributed by atoms with van der Waals surface area (Å²) in [4.78, 5) is 12.3. The van der Waals surface area contributed by atoms with Gasteiger partial charge in [-0.15, -0.1) is 0 Å². The summed E-state index contributed by atoms with van der Waals surface area (Å²) >= 11 is 0. The maximum absolute atomic E-state index is 12.5. The normalized spacial score (nSPS) is 11.4. The van der Waals surface area contributed by atoms with Crippen molar-refractivity contribution in [2.24, 2.45) is 0 Å². The second-order valence-electron chi connectivity index (χ2n) is 6.57. The smallest absolute Gasteiger partial charge is 0.240 e. The van der Waals surface area contributed by atoms with Gasteiger partial charge in [-0.2, -0.15) is 0 Å². The van der Waals surface area contributed by atoms with Gasteiger partial charge >= 0.3 is 0 Å². The minimum atomic E-state index is -3.69. The number of amides is 1. The van der Waals surface area contributed by atoms with Crippen LogP contribution in [0.1, 0.15) is 6.42 Å². The third-order valence-corrected chi connectivity index (χ3v) is 5.83. The summed E-state index contributed by atoms with van der Waals surface area (Å²) in [7, 11) is -2.09. The summed E-state index contributed by atoms with van der Waals surface area (Å²) < 4.78 is 37.8. The van der Waals surface area contributed by atoms with E-state index in [1.165, 1.54) is 0 Å². The highest BCUT2D eigenvalue weighted by molar-refractivity contribution is 7.89. The predicted octanol–water partition coefficient (Wildman–Crippen LogP) is 3.17. The molecule has 0 aromatic heterocycles. The van der Waals surface area contributed by atoms with E-state index in [2.05, 4.69) is 10.0 Å². The number of carbonyl (C=O) groups excluding carboxylic acids is 1. The molecule has 2 N–H and O–H groups in total. The van der Waals surface area contributed by atoms with Crippen LogP contribution < -0.4 is 14.8 Å². The largest absolute Gasteiger partial charge is 0.491 e. The molecule has 0 radical (unpaired) electrons. The van der Waals surface area contributed by atoms with Crippen molar-refractivity contribution in [3.05, 3.63) is 66.7 Å². The van der Waals surface area contributed by atoms with Crippen LogP contribution in [0, 0.1) is 0 Å². The number of ether oxygens (including phenoxy) is 2. The lowest BCUT2D eigenvalue weighted by molar-refractivity contribution is -0.116. The zero-order valence-corrected chi connectivity index (χ0v) is 17.4. The van der Waals surface area contributed by atoms with E-state index < -0.39 is 10.0 Å². The summed E-state index contributed by atoms with van der Waals surface area (Å²) in [6, 6.07) is 19.4. The van der Waals surface area contributed by atoms with Crippen LogP contribution in [0.15, 0.2) is 71.6 Å². The van der Waals surface area contributed by atoms with E-state index in [1.54, 1.807) is 49.6 Å². The molecule has 1 amide bonds. The van der Waals surface area contributed by atoms with Gasteiger partial charge in [0, 0.05) is 25.8 Å². The molecule has 0 saturated heterocycles. The van der Waals surface area contributed by atoms with Crippen LogP contribution in [0.5, 0.6) is 5.75 Å². The molecule has 3 aromatic rings. The Morgan fingerprint density at radius 1 is 0.933 bits per heavy atom. The van der Waals surface area contributed by atoms with E-state index in [4.69, 9.17) is 9.47 Å². The van der Waals surface area contributed by atoms with Crippen LogP contribution in [0.4, 0.5) is 5.69 Å². The third kappa shape index (κ3) is 6.03. The lowest BCUT2D eigenvalue weighted by Crippen LogP contribution is -2.27. The molecule has 0 heterocycles. The Balaban J connectivity index is 1.49. The Morgan fingerprint density at radius 3 is 2.40 bits per heavy atom. The Bertz CT molecular complexity index is 1100. The van der Waals surface area contributed by atoms with Crippen molar-refractivity contribution in [1.82, 2.24) is 4.72 Å². The first-order chi connectivity index (χ1) is 14.5. The standard InChI is InChI=1S/C22H24N2O5S/c1-28-14-15-29-20-9-7-19(8-10-20)24-22(25)12-13-23-30(26,27)21-11-6-17-4-2-3-5-18(17)16-21/h2-11,16,23H,12-15H2,1H3,(H,24,25). The van der Waals surface area contributed by atoms with Gasteiger partial charge in [0.15, 0.2) is 0 Å². The maximum Gasteiger partial charge on any atom is 0.240 e. The molecule has 0 aliphatic carbocycles. The van der Waals surface area contributed by atoms with Crippen molar-refractivity contribution in [2.75, 3.05) is 32.2 Å². The highest BCUT2D eigenvalue weighted by Gasteiger charge is 2.14. The van der Waals surface area contributed by atoms with Gasteiger partial charge in [0.05, 0.1) is 11.5 Å². The molecule has 0 aliphatic rings. The summed E-state index contributed by atoms with van der Waals surface area (Å²) in [6.45, 7) is 0.937. The molecule has 0 aliphatic heterocycles. The van der Waals surface area contributed by atoms with Gasteiger partial charge in [-0.3, -0.25) is 4.79 Å². The molecule has 3 rings (SSSR count). The van der Waals surface area contributed by atoms with Gasteiger partial charge in [0.1, 0.15) is 12.4 Å². The lowest BCUT2D eigenvalue weighted by Gasteiger charge is -2.09. The third-order valence-electron chi connectivity index (χ3n) is 4.37. The second-order valence-corrected chi connectivity index (χ2v) is 8.34. The number of hydrogen-bond donors (Lipinski definition) is 2. The fourth-order valence-electron chi connectivity index (χ4n) is 2.82. The fourth-order valence-corrected chi connectivity index (χ4v) is 3.88. The number of nitrogens with one attached hydrogen (secondary N) is 2. The van der Waals surface area contributed by atoms with E-state index in [-0.39, 0.29) is 23.8 Å². The minimum Gasteiger partial charge on any atom is -0.491 e. The molecule has 7 nitrogen and oxygen atoms in total. The number of carbonyl (C=O) groups is 1. The van der Waals surface area contributed by atoms with Crippen LogP contribution in [-0.2, 0) is 19.6 Å². The number of benzene rings is 3. The molecule has 0 fully saturated rings. The Kier molecular flexibility index (Phi) is 7.40. The van der Waals surface area contributed by atoms with E-state index in [0.29, 0.717) is 24.7 Å². The number of sulfonamides is 1. The van der Waals surface area contributed by atoms with Gasteiger partial charge in [0.25, 0.3) is 0 Å². The van der Waals surface area contributed by atoms with Gasteiger partial charge in [-0.1, -0.05) is 30.3 Å². The molecule has 158 valence electrons. The average molecular weight is 429 g/mol. The number of fused-ring (bicyclic) bond motifs is 1. The van der Waals surface area contributed by atoms with Crippen LogP contribution >= 0.6 is 0 Å². The van der Waals surface area contributed by atoms with Crippen LogP contribution in [-0.4, -0.2) is 41.2 Å². The highest BCUT2D eigenvalue weighted by Crippen LogP contribution is 2.19. The Hall–Kier alpha value is -2.94. The van der Waals surface area contributed by atoms with Crippen molar-refractivity contribution in [3.8, 4) is 5.75 Å². The number of rotatable bonds is 10. The van der Waals surface area contributed by atoms with Crippen LogP contribution in [0.3, 0.4) is 0 Å². The molecule has 0 unspecified atom stereocenters. The SMILES string of the molecule is COCCOc1ccc(NC(=O)CCNS(=O)(=O)c2ccc3ccccc3c2)cc1. The van der Waals surface area contributed by atoms with Gasteiger partial charge in [0.2, 0.25) is 15.9 Å². The first kappa shape index (κ1) is 21.8. The van der Waals surface area contributed by atoms with Crippen molar-refractivity contribution >= 4 is 32.4 Å². The molecule has 8 heteroatoms. The molecule has 3 aromatic carbocycles. The van der Waals surface area contributed by atoms with E-state index in [0.717, 1.165) is 10.8 Å². The average Bonchev–Trinajstić information content (AvgIpc) is 2.74. The zero-order chi connectivity index (χ0) is 21.4. The Morgan fingerprint density at radius 2 is 1.67 bits per heavy atom. The van der Waals surface area contributed by atoms with Crippen molar-refractivity contribution in [3.63, 3.8) is 0 Å². The van der Waals surface area contributed by atoms with E-state index >= 15 is 0 Å². The highest BCUT2D eigenvalue weighted by atomic mass is 32.2. The van der Waals surface area contributed by atoms with Crippen molar-refractivity contribution < 1.29 is 22.7 Å². The molecule has 0 spiro atoms. The first-order valence-corrected chi connectivity index (χ1v) is 11.0. The quantitative estimate of drug-likeness (QED) is 0.484. The monoisotopic (exact) mass is 428 g/mol.